The summed E-state index contributed by atoms with van der Waals surface area (Å²) in [5.74, 6) is 1.72. The van der Waals surface area contributed by atoms with E-state index >= 15 is 0 Å². The first-order valence-corrected chi connectivity index (χ1v) is 12.1. The summed E-state index contributed by atoms with van der Waals surface area (Å²) in [5.41, 5.74) is 3.17. The molecule has 2 aliphatic heterocycles. The molecule has 7 N–H and O–H groups in total. The van der Waals surface area contributed by atoms with Crippen LogP contribution in [0.25, 0.3) is 0 Å². The predicted octanol–water partition coefficient (Wildman–Crippen LogP) is 1.89. The number of benzene rings is 2. The van der Waals surface area contributed by atoms with E-state index in [2.05, 4.69) is 41.9 Å². The molecule has 37 heavy (non-hydrogen) atoms. The van der Waals surface area contributed by atoms with Crippen LogP contribution >= 0.6 is 12.4 Å². The van der Waals surface area contributed by atoms with Crippen LogP contribution in [-0.2, 0) is 0 Å². The van der Waals surface area contributed by atoms with Crippen molar-refractivity contribution in [2.24, 2.45) is 9.98 Å². The zero-order valence-corrected chi connectivity index (χ0v) is 21.2. The predicted molar refractivity (Wildman–Crippen MR) is 148 cm³/mol. The maximum atomic E-state index is 12.1. The van der Waals surface area contributed by atoms with Gasteiger partial charge in [0, 0.05) is 61.8 Å². The third-order valence-electron chi connectivity index (χ3n) is 5.62. The summed E-state index contributed by atoms with van der Waals surface area (Å²) in [5, 5.41) is 27.3. The van der Waals surface area contributed by atoms with Crippen LogP contribution in [0.1, 0.15) is 24.0 Å². The largest absolute Gasteiger partial charge is 0.389 e. The number of urea groups is 2. The van der Waals surface area contributed by atoms with E-state index in [1.165, 1.54) is 0 Å². The van der Waals surface area contributed by atoms with Gasteiger partial charge in [0.05, 0.1) is 6.10 Å². The SMILES string of the molecule is Cl.O=C(NCC(O)CNC(=O)Nc1ccc(C2=NCCCN2)cc1)Nc1ccc(C2=NCCCN2)cc1. The van der Waals surface area contributed by atoms with E-state index in [-0.39, 0.29) is 25.5 Å². The Morgan fingerprint density at radius 3 is 1.51 bits per heavy atom. The summed E-state index contributed by atoms with van der Waals surface area (Å²) in [6, 6.07) is 13.8. The Kier molecular flexibility index (Phi) is 10.5. The van der Waals surface area contributed by atoms with Gasteiger partial charge >= 0.3 is 12.1 Å². The number of aliphatic hydroxyl groups is 1. The lowest BCUT2D eigenvalue weighted by Crippen LogP contribution is -2.42. The Morgan fingerprint density at radius 2 is 1.16 bits per heavy atom. The summed E-state index contributed by atoms with van der Waals surface area (Å²) in [4.78, 5) is 33.2. The van der Waals surface area contributed by atoms with Gasteiger partial charge in [0.15, 0.2) is 0 Å². The number of carbonyl (C=O) groups is 2. The van der Waals surface area contributed by atoms with E-state index in [0.29, 0.717) is 11.4 Å². The Morgan fingerprint density at radius 1 is 0.757 bits per heavy atom. The molecule has 0 bridgehead atoms. The molecule has 0 spiro atoms. The highest BCUT2D eigenvalue weighted by Crippen LogP contribution is 2.12. The quantitative estimate of drug-likeness (QED) is 0.279. The molecule has 0 aromatic heterocycles. The zero-order valence-electron chi connectivity index (χ0n) is 20.4. The van der Waals surface area contributed by atoms with Crippen molar-refractivity contribution in [1.82, 2.24) is 21.3 Å². The van der Waals surface area contributed by atoms with Gasteiger partial charge in [-0.1, -0.05) is 0 Å². The fourth-order valence-corrected chi connectivity index (χ4v) is 3.72. The highest BCUT2D eigenvalue weighted by molar-refractivity contribution is 6.00. The maximum Gasteiger partial charge on any atom is 0.319 e. The minimum absolute atomic E-state index is 0. The van der Waals surface area contributed by atoms with E-state index < -0.39 is 18.2 Å². The summed E-state index contributed by atoms with van der Waals surface area (Å²) in [7, 11) is 0. The Balaban J connectivity index is 0.00000380. The molecule has 198 valence electrons. The van der Waals surface area contributed by atoms with Crippen molar-refractivity contribution in [1.29, 1.82) is 0 Å². The summed E-state index contributed by atoms with van der Waals surface area (Å²) in [6.07, 6.45) is 1.10. The van der Waals surface area contributed by atoms with Gasteiger partial charge in [-0.25, -0.2) is 9.59 Å². The van der Waals surface area contributed by atoms with Crippen LogP contribution in [0, 0.1) is 0 Å². The third-order valence-corrected chi connectivity index (χ3v) is 5.62. The first-order chi connectivity index (χ1) is 17.6. The molecule has 0 aliphatic carbocycles. The van der Waals surface area contributed by atoms with E-state index in [0.717, 1.165) is 61.8 Å². The van der Waals surface area contributed by atoms with E-state index in [9.17, 15) is 14.7 Å². The third kappa shape index (κ3) is 8.65. The molecule has 0 radical (unpaired) electrons. The average Bonchev–Trinajstić information content (AvgIpc) is 2.92. The summed E-state index contributed by atoms with van der Waals surface area (Å²) >= 11 is 0. The van der Waals surface area contributed by atoms with Crippen LogP contribution < -0.4 is 31.9 Å². The van der Waals surface area contributed by atoms with Gasteiger partial charge in [-0.2, -0.15) is 0 Å². The summed E-state index contributed by atoms with van der Waals surface area (Å²) < 4.78 is 0. The van der Waals surface area contributed by atoms with Gasteiger partial charge in [-0.3, -0.25) is 9.98 Å². The van der Waals surface area contributed by atoms with Gasteiger partial charge in [0.1, 0.15) is 11.7 Å². The van der Waals surface area contributed by atoms with Crippen LogP contribution in [0.5, 0.6) is 0 Å². The lowest BCUT2D eigenvalue weighted by Gasteiger charge is -2.16. The van der Waals surface area contributed by atoms with Crippen LogP contribution in [0.2, 0.25) is 0 Å². The second-order valence-electron chi connectivity index (χ2n) is 8.50. The van der Waals surface area contributed by atoms with Crippen molar-refractivity contribution >= 4 is 47.5 Å². The molecule has 0 saturated heterocycles. The highest BCUT2D eigenvalue weighted by Gasteiger charge is 2.11. The lowest BCUT2D eigenvalue weighted by molar-refractivity contribution is 0.170. The minimum Gasteiger partial charge on any atom is -0.389 e. The Bertz CT molecular complexity index is 1020. The number of rotatable bonds is 8. The van der Waals surface area contributed by atoms with Crippen LogP contribution in [-0.4, -0.2) is 74.2 Å². The molecule has 11 nitrogen and oxygen atoms in total. The molecule has 2 aromatic carbocycles. The topological polar surface area (TPSA) is 151 Å². The van der Waals surface area contributed by atoms with E-state index in [1.807, 2.05) is 24.3 Å². The van der Waals surface area contributed by atoms with Gasteiger partial charge in [0.25, 0.3) is 0 Å². The number of hydrogen-bond acceptors (Lipinski definition) is 7. The number of hydrogen-bond donors (Lipinski definition) is 7. The van der Waals surface area contributed by atoms with Gasteiger partial charge < -0.3 is 37.0 Å². The molecule has 0 unspecified atom stereocenters. The number of nitrogens with zero attached hydrogens (tertiary/aromatic N) is 2. The van der Waals surface area contributed by atoms with Crippen molar-refractivity contribution in [3.8, 4) is 0 Å². The molecule has 0 fully saturated rings. The first kappa shape index (κ1) is 27.8. The van der Waals surface area contributed by atoms with Crippen LogP contribution in [0.4, 0.5) is 21.0 Å². The standard InChI is InChI=1S/C25H32N8O3.ClH/c34-21(15-30-24(35)32-19-7-3-17(4-8-19)22-26-11-1-12-27-22)16-31-25(36)33-20-9-5-18(6-10-20)23-28-13-2-14-29-23;/h3-10,21,34H,1-2,11-16H2,(H,26,27)(H,28,29)(H2,30,32,35)(H2,31,33,36);1H. The minimum atomic E-state index is -0.947. The maximum absolute atomic E-state index is 12.1. The number of aliphatic imine (C=N–C) groups is 2. The molecule has 0 saturated carbocycles. The van der Waals surface area contributed by atoms with Gasteiger partial charge in [0.2, 0.25) is 0 Å². The smallest absolute Gasteiger partial charge is 0.319 e. The van der Waals surface area contributed by atoms with Crippen molar-refractivity contribution < 1.29 is 14.7 Å². The number of amides is 4. The molecule has 2 aromatic rings. The van der Waals surface area contributed by atoms with Crippen molar-refractivity contribution in [2.45, 2.75) is 18.9 Å². The van der Waals surface area contributed by atoms with E-state index in [1.54, 1.807) is 24.3 Å². The normalized spacial score (nSPS) is 14.6. The molecular weight excluding hydrogens is 496 g/mol. The second-order valence-corrected chi connectivity index (χ2v) is 8.50. The molecule has 0 atom stereocenters. The number of amidine groups is 2. The Labute approximate surface area is 222 Å². The zero-order chi connectivity index (χ0) is 25.2. The molecule has 4 rings (SSSR count). The lowest BCUT2D eigenvalue weighted by atomic mass is 10.1. The number of halogens is 1. The van der Waals surface area contributed by atoms with Crippen molar-refractivity contribution in [2.75, 3.05) is 49.9 Å². The summed E-state index contributed by atoms with van der Waals surface area (Å²) in [6.45, 7) is 3.39. The van der Waals surface area contributed by atoms with Gasteiger partial charge in [-0.15, -0.1) is 12.4 Å². The van der Waals surface area contributed by atoms with Gasteiger partial charge in [-0.05, 0) is 61.4 Å². The van der Waals surface area contributed by atoms with E-state index in [4.69, 9.17) is 0 Å². The fraction of sp³-hybridized carbons (Fsp3) is 0.360. The number of carbonyl (C=O) groups excluding carboxylic acids is 2. The molecule has 4 amide bonds. The van der Waals surface area contributed by atoms with Crippen molar-refractivity contribution in [3.05, 3.63) is 59.7 Å². The number of nitrogens with one attached hydrogen (secondary N) is 6. The fourth-order valence-electron chi connectivity index (χ4n) is 3.72. The average molecular weight is 529 g/mol. The van der Waals surface area contributed by atoms with Crippen molar-refractivity contribution in [3.63, 3.8) is 0 Å². The number of anilines is 2. The molecule has 2 heterocycles. The highest BCUT2D eigenvalue weighted by atomic mass is 35.5. The molecular formula is C25H33ClN8O3. The Hall–Kier alpha value is -3.83. The number of aliphatic hydroxyl groups excluding tert-OH is 1. The van der Waals surface area contributed by atoms with Crippen LogP contribution in [0.3, 0.4) is 0 Å². The van der Waals surface area contributed by atoms with Crippen LogP contribution in [0.15, 0.2) is 58.5 Å². The molecule has 2 aliphatic rings. The monoisotopic (exact) mass is 528 g/mol. The molecule has 12 heteroatoms. The first-order valence-electron chi connectivity index (χ1n) is 12.1. The second kappa shape index (κ2) is 14.0.